The molecule has 0 spiro atoms. The SMILES string of the molecule is CCn1ccc(CNc2ccc3ncsc3c2)c1. The Labute approximate surface area is 110 Å². The van der Waals surface area contributed by atoms with Gasteiger partial charge in [-0.25, -0.2) is 4.98 Å². The summed E-state index contributed by atoms with van der Waals surface area (Å²) in [5, 5.41) is 3.45. The molecular weight excluding hydrogens is 242 g/mol. The summed E-state index contributed by atoms with van der Waals surface area (Å²) >= 11 is 1.68. The Morgan fingerprint density at radius 3 is 3.11 bits per heavy atom. The smallest absolute Gasteiger partial charge is 0.0813 e. The van der Waals surface area contributed by atoms with E-state index in [9.17, 15) is 0 Å². The highest BCUT2D eigenvalue weighted by molar-refractivity contribution is 7.16. The van der Waals surface area contributed by atoms with Crippen molar-refractivity contribution >= 4 is 27.2 Å². The van der Waals surface area contributed by atoms with Crippen LogP contribution in [0.15, 0.2) is 42.2 Å². The lowest BCUT2D eigenvalue weighted by molar-refractivity contribution is 0.766. The molecule has 0 atom stereocenters. The van der Waals surface area contributed by atoms with Crippen LogP contribution in [0.1, 0.15) is 12.5 Å². The maximum absolute atomic E-state index is 4.28. The molecule has 0 aliphatic heterocycles. The number of hydrogen-bond donors (Lipinski definition) is 1. The van der Waals surface area contributed by atoms with E-state index in [2.05, 4.69) is 58.5 Å². The van der Waals surface area contributed by atoms with Crippen molar-refractivity contribution < 1.29 is 0 Å². The summed E-state index contributed by atoms with van der Waals surface area (Å²) in [7, 11) is 0. The third-order valence-electron chi connectivity index (χ3n) is 3.00. The number of aryl methyl sites for hydroxylation is 1. The van der Waals surface area contributed by atoms with E-state index in [1.807, 2.05) is 5.51 Å². The van der Waals surface area contributed by atoms with E-state index in [-0.39, 0.29) is 0 Å². The quantitative estimate of drug-likeness (QED) is 0.771. The van der Waals surface area contributed by atoms with Gasteiger partial charge in [0.25, 0.3) is 0 Å². The first-order chi connectivity index (χ1) is 8.85. The van der Waals surface area contributed by atoms with Crippen LogP contribution in [0, 0.1) is 0 Å². The standard InChI is InChI=1S/C14H15N3S/c1-2-17-6-5-11(9-17)8-15-12-3-4-13-14(7-12)18-10-16-13/h3-7,9-10,15H,2,8H2,1H3. The molecule has 3 rings (SSSR count). The molecule has 0 aliphatic rings. The van der Waals surface area contributed by atoms with Crippen molar-refractivity contribution in [2.75, 3.05) is 5.32 Å². The van der Waals surface area contributed by atoms with Gasteiger partial charge in [0, 0.05) is 31.2 Å². The zero-order chi connectivity index (χ0) is 12.4. The van der Waals surface area contributed by atoms with Gasteiger partial charge in [0.2, 0.25) is 0 Å². The number of anilines is 1. The molecule has 0 saturated heterocycles. The number of fused-ring (bicyclic) bond motifs is 1. The lowest BCUT2D eigenvalue weighted by Crippen LogP contribution is -1.98. The van der Waals surface area contributed by atoms with Gasteiger partial charge in [0.05, 0.1) is 15.7 Å². The lowest BCUT2D eigenvalue weighted by atomic mass is 10.2. The molecule has 0 aliphatic carbocycles. The number of nitrogens with one attached hydrogen (secondary N) is 1. The molecular formula is C14H15N3S. The Bertz CT molecular complexity index is 654. The second kappa shape index (κ2) is 4.82. The zero-order valence-corrected chi connectivity index (χ0v) is 11.1. The van der Waals surface area contributed by atoms with Crippen LogP contribution in [0.25, 0.3) is 10.2 Å². The topological polar surface area (TPSA) is 29.9 Å². The maximum Gasteiger partial charge on any atom is 0.0813 e. The second-order valence-electron chi connectivity index (χ2n) is 4.24. The van der Waals surface area contributed by atoms with E-state index in [1.54, 1.807) is 11.3 Å². The summed E-state index contributed by atoms with van der Waals surface area (Å²) in [5.74, 6) is 0. The molecule has 2 heterocycles. The van der Waals surface area contributed by atoms with E-state index < -0.39 is 0 Å². The van der Waals surface area contributed by atoms with E-state index in [0.29, 0.717) is 0 Å². The van der Waals surface area contributed by atoms with Crippen LogP contribution < -0.4 is 5.32 Å². The summed E-state index contributed by atoms with van der Waals surface area (Å²) < 4.78 is 3.41. The van der Waals surface area contributed by atoms with Gasteiger partial charge in [0.1, 0.15) is 0 Å². The zero-order valence-electron chi connectivity index (χ0n) is 10.3. The normalized spacial score (nSPS) is 10.9. The van der Waals surface area contributed by atoms with Crippen molar-refractivity contribution in [2.24, 2.45) is 0 Å². The molecule has 0 radical (unpaired) electrons. The number of hydrogen-bond acceptors (Lipinski definition) is 3. The molecule has 4 heteroatoms. The summed E-state index contributed by atoms with van der Waals surface area (Å²) in [5.41, 5.74) is 5.41. The minimum Gasteiger partial charge on any atom is -0.381 e. The van der Waals surface area contributed by atoms with Gasteiger partial charge in [-0.1, -0.05) is 0 Å². The van der Waals surface area contributed by atoms with Crippen molar-refractivity contribution in [2.45, 2.75) is 20.0 Å². The van der Waals surface area contributed by atoms with E-state index in [4.69, 9.17) is 0 Å². The average Bonchev–Trinajstić information content (AvgIpc) is 3.04. The Kier molecular flexibility index (Phi) is 3.02. The van der Waals surface area contributed by atoms with Gasteiger partial charge >= 0.3 is 0 Å². The molecule has 1 N–H and O–H groups in total. The highest BCUT2D eigenvalue weighted by Crippen LogP contribution is 2.22. The van der Waals surface area contributed by atoms with Crippen molar-refractivity contribution in [1.82, 2.24) is 9.55 Å². The molecule has 18 heavy (non-hydrogen) atoms. The molecule has 0 saturated carbocycles. The fraction of sp³-hybridized carbons (Fsp3) is 0.214. The molecule has 92 valence electrons. The first-order valence-corrected chi connectivity index (χ1v) is 6.95. The molecule has 0 amide bonds. The third kappa shape index (κ3) is 2.24. The summed E-state index contributed by atoms with van der Waals surface area (Å²) in [6, 6.07) is 8.45. The van der Waals surface area contributed by atoms with Gasteiger partial charge in [-0.15, -0.1) is 11.3 Å². The summed E-state index contributed by atoms with van der Waals surface area (Å²) in [6.07, 6.45) is 4.29. The average molecular weight is 257 g/mol. The van der Waals surface area contributed by atoms with E-state index in [1.165, 1.54) is 10.3 Å². The molecule has 3 aromatic rings. The number of thiazole rings is 1. The molecule has 0 bridgehead atoms. The van der Waals surface area contributed by atoms with E-state index in [0.717, 1.165) is 24.3 Å². The lowest BCUT2D eigenvalue weighted by Gasteiger charge is -2.04. The Morgan fingerprint density at radius 1 is 1.33 bits per heavy atom. The van der Waals surface area contributed by atoms with Crippen LogP contribution in [-0.2, 0) is 13.1 Å². The van der Waals surface area contributed by atoms with Gasteiger partial charge in [-0.2, -0.15) is 0 Å². The Hall–Kier alpha value is -1.81. The molecule has 2 aromatic heterocycles. The largest absolute Gasteiger partial charge is 0.381 e. The Balaban J connectivity index is 1.72. The number of rotatable bonds is 4. The Morgan fingerprint density at radius 2 is 2.28 bits per heavy atom. The van der Waals surface area contributed by atoms with Crippen molar-refractivity contribution in [3.8, 4) is 0 Å². The molecule has 1 aromatic carbocycles. The van der Waals surface area contributed by atoms with Crippen LogP contribution in [0.3, 0.4) is 0 Å². The molecule has 3 nitrogen and oxygen atoms in total. The van der Waals surface area contributed by atoms with Gasteiger partial charge < -0.3 is 9.88 Å². The summed E-state index contributed by atoms with van der Waals surface area (Å²) in [6.45, 7) is 4.03. The third-order valence-corrected chi connectivity index (χ3v) is 3.80. The van der Waals surface area contributed by atoms with Crippen LogP contribution >= 0.6 is 11.3 Å². The summed E-state index contributed by atoms with van der Waals surface area (Å²) in [4.78, 5) is 4.28. The number of nitrogens with zero attached hydrogens (tertiary/aromatic N) is 2. The van der Waals surface area contributed by atoms with Gasteiger partial charge in [0.15, 0.2) is 0 Å². The minimum atomic E-state index is 0.858. The van der Waals surface area contributed by atoms with Crippen LogP contribution in [0.5, 0.6) is 0 Å². The minimum absolute atomic E-state index is 0.858. The first kappa shape index (κ1) is 11.3. The van der Waals surface area contributed by atoms with Crippen molar-refractivity contribution in [3.63, 3.8) is 0 Å². The molecule has 0 unspecified atom stereocenters. The van der Waals surface area contributed by atoms with Crippen LogP contribution in [0.4, 0.5) is 5.69 Å². The first-order valence-electron chi connectivity index (χ1n) is 6.07. The highest BCUT2D eigenvalue weighted by Gasteiger charge is 2.00. The monoisotopic (exact) mass is 257 g/mol. The fourth-order valence-electron chi connectivity index (χ4n) is 1.96. The van der Waals surface area contributed by atoms with Gasteiger partial charge in [-0.3, -0.25) is 0 Å². The van der Waals surface area contributed by atoms with Crippen molar-refractivity contribution in [1.29, 1.82) is 0 Å². The maximum atomic E-state index is 4.28. The van der Waals surface area contributed by atoms with E-state index >= 15 is 0 Å². The number of aromatic nitrogens is 2. The van der Waals surface area contributed by atoms with Crippen LogP contribution in [-0.4, -0.2) is 9.55 Å². The molecule has 0 fully saturated rings. The highest BCUT2D eigenvalue weighted by atomic mass is 32.1. The van der Waals surface area contributed by atoms with Crippen LogP contribution in [0.2, 0.25) is 0 Å². The number of benzene rings is 1. The second-order valence-corrected chi connectivity index (χ2v) is 5.12. The predicted molar refractivity (Wildman–Crippen MR) is 77.1 cm³/mol. The van der Waals surface area contributed by atoms with Gasteiger partial charge in [-0.05, 0) is 36.8 Å². The predicted octanol–water partition coefficient (Wildman–Crippen LogP) is 3.73. The van der Waals surface area contributed by atoms with Crippen molar-refractivity contribution in [3.05, 3.63) is 47.7 Å². The fourth-order valence-corrected chi connectivity index (χ4v) is 2.68.